The number of allylic oxidation sites excluding steroid dienone is 6. The fraction of sp³-hybridized carbons (Fsp3) is 0.680. The summed E-state index contributed by atoms with van der Waals surface area (Å²) < 4.78 is 18.8. The van der Waals surface area contributed by atoms with E-state index in [9.17, 15) is 0 Å². The first kappa shape index (κ1) is 30.2. The van der Waals surface area contributed by atoms with Crippen LogP contribution >= 0.6 is 0 Å². The van der Waals surface area contributed by atoms with Crippen molar-refractivity contribution in [3.8, 4) is 0 Å². The zero-order valence-electron chi connectivity index (χ0n) is 22.6. The molecule has 0 unspecified atom stereocenters. The van der Waals surface area contributed by atoms with Crippen LogP contribution in [0.3, 0.4) is 0 Å². The fourth-order valence-corrected chi connectivity index (χ4v) is 22.4. The molecule has 0 aliphatic heterocycles. The molecular weight excluding hydrogens is 628 g/mol. The van der Waals surface area contributed by atoms with Gasteiger partial charge in [-0.2, -0.15) is 0 Å². The zero-order valence-corrected chi connectivity index (χ0v) is 27.8. The summed E-state index contributed by atoms with van der Waals surface area (Å²) in [5.74, 6) is 0. The van der Waals surface area contributed by atoms with Crippen LogP contribution in [-0.2, 0) is 29.3 Å². The van der Waals surface area contributed by atoms with Crippen molar-refractivity contribution in [2.24, 2.45) is 0 Å². The molecule has 0 saturated heterocycles. The van der Waals surface area contributed by atoms with Crippen molar-refractivity contribution >= 4 is 25.0 Å². The summed E-state index contributed by atoms with van der Waals surface area (Å²) in [7, 11) is -0.538. The predicted molar refractivity (Wildman–Crippen MR) is 147 cm³/mol. The van der Waals surface area contributed by atoms with Crippen LogP contribution in [-0.4, -0.2) is 46.3 Å². The van der Waals surface area contributed by atoms with Crippen molar-refractivity contribution in [3.63, 3.8) is 0 Å². The molecule has 0 spiro atoms. The standard InChI is InChI=1S/C22H41O3Si3.3CH3.Pt/c1-10-17-26(6,7)21-16-15-20(22(21)27(8,9)18-11-2)14-12-13-19-28(23-3,24-4)25-5;;;;/h10-11H,1-2,12-15,17-19H2,3-9H3;3*1H3;. The van der Waals surface area contributed by atoms with Crippen LogP contribution in [0.2, 0.25) is 60.3 Å². The van der Waals surface area contributed by atoms with Gasteiger partial charge in [0.2, 0.25) is 0 Å². The van der Waals surface area contributed by atoms with Gasteiger partial charge >= 0.3 is 207 Å². The van der Waals surface area contributed by atoms with Crippen molar-refractivity contribution in [2.75, 3.05) is 21.3 Å². The van der Waals surface area contributed by atoms with Crippen molar-refractivity contribution in [1.82, 2.24) is 0 Å². The molecule has 32 heavy (non-hydrogen) atoms. The van der Waals surface area contributed by atoms with E-state index in [1.807, 2.05) is 14.4 Å². The first-order chi connectivity index (χ1) is 14.7. The molecular formula is C25H50O3PtSi3. The number of unbranched alkanes of at least 4 members (excludes halogenated alkanes) is 1. The van der Waals surface area contributed by atoms with Crippen LogP contribution in [0.25, 0.3) is 0 Å². The third-order valence-corrected chi connectivity index (χ3v) is 21.8. The Morgan fingerprint density at radius 1 is 0.812 bits per heavy atom. The van der Waals surface area contributed by atoms with E-state index in [1.54, 1.807) is 26.9 Å². The number of hydrogen-bond donors (Lipinski definition) is 0. The molecule has 1 aliphatic rings. The Labute approximate surface area is 206 Å². The molecule has 0 atom stereocenters. The molecule has 1 aliphatic carbocycles. The van der Waals surface area contributed by atoms with E-state index in [2.05, 4.69) is 67.4 Å². The molecule has 0 heterocycles. The van der Waals surface area contributed by atoms with Gasteiger partial charge in [0.05, 0.1) is 0 Å². The van der Waals surface area contributed by atoms with Gasteiger partial charge in [-0.3, -0.25) is 0 Å². The molecule has 190 valence electrons. The number of rotatable bonds is 15. The summed E-state index contributed by atoms with van der Waals surface area (Å²) in [5, 5.41) is 11.4. The van der Waals surface area contributed by atoms with Gasteiger partial charge in [-0.05, 0) is 0 Å². The fourth-order valence-electron chi connectivity index (χ4n) is 4.94. The van der Waals surface area contributed by atoms with E-state index in [1.165, 1.54) is 25.3 Å². The third-order valence-electron chi connectivity index (χ3n) is 6.60. The van der Waals surface area contributed by atoms with E-state index < -0.39 is 41.0 Å². The van der Waals surface area contributed by atoms with Gasteiger partial charge in [0.25, 0.3) is 0 Å². The molecule has 0 aromatic rings. The third kappa shape index (κ3) is 7.34. The maximum atomic E-state index is 5.64. The van der Waals surface area contributed by atoms with Gasteiger partial charge in [-0.1, -0.05) is 0 Å². The average molecular weight is 678 g/mol. The molecule has 0 N–H and O–H groups in total. The minimum atomic E-state index is -2.48. The summed E-state index contributed by atoms with van der Waals surface area (Å²) in [6, 6.07) is 3.21. The van der Waals surface area contributed by atoms with Crippen LogP contribution in [0, 0.1) is 0 Å². The Morgan fingerprint density at radius 2 is 1.28 bits per heavy atom. The van der Waals surface area contributed by atoms with E-state index in [4.69, 9.17) is 13.3 Å². The predicted octanol–water partition coefficient (Wildman–Crippen LogP) is 8.15. The van der Waals surface area contributed by atoms with Crippen LogP contribution in [0.15, 0.2) is 45.2 Å². The van der Waals surface area contributed by atoms with E-state index in [-0.39, 0.29) is 0 Å². The van der Waals surface area contributed by atoms with E-state index >= 15 is 0 Å². The van der Waals surface area contributed by atoms with E-state index in [0.29, 0.717) is 0 Å². The topological polar surface area (TPSA) is 27.7 Å². The van der Waals surface area contributed by atoms with Gasteiger partial charge in [0.15, 0.2) is 0 Å². The van der Waals surface area contributed by atoms with Crippen molar-refractivity contribution in [2.45, 2.75) is 85.9 Å². The monoisotopic (exact) mass is 677 g/mol. The molecule has 0 saturated carbocycles. The Morgan fingerprint density at radius 3 is 1.69 bits per heavy atom. The zero-order chi connectivity index (χ0) is 24.8. The van der Waals surface area contributed by atoms with Crippen LogP contribution < -0.4 is 0 Å². The van der Waals surface area contributed by atoms with Gasteiger partial charge in [-0.15, -0.1) is 0 Å². The average Bonchev–Trinajstić information content (AvgIpc) is 3.11. The summed E-state index contributed by atoms with van der Waals surface area (Å²) >= 11 is -1.91. The summed E-state index contributed by atoms with van der Waals surface area (Å²) in [4.78, 5) is 0. The molecule has 1 rings (SSSR count). The quantitative estimate of drug-likeness (QED) is 0.0995. The minimum absolute atomic E-state index is 0.882. The second-order valence-corrected chi connectivity index (χ2v) is 34.6. The van der Waals surface area contributed by atoms with Crippen LogP contribution in [0.4, 0.5) is 0 Å². The van der Waals surface area contributed by atoms with Gasteiger partial charge < -0.3 is 0 Å². The summed E-state index contributed by atoms with van der Waals surface area (Å²) in [6.45, 7) is 18.6. The number of hydrogen-bond acceptors (Lipinski definition) is 3. The normalized spacial score (nSPS) is 16.7. The Balaban J connectivity index is 3.37. The first-order valence-corrected chi connectivity index (χ1v) is 27.7. The maximum absolute atomic E-state index is 5.64. The second kappa shape index (κ2) is 12.2. The molecule has 0 amide bonds. The SMILES string of the molecule is C=CC[Si](C)(C)C1=C(CCCC[Si](OC)(OC)OC)C[C]([Pt]([CH3])([CH3])[CH3])=C1[Si](C)(C)CC=C. The van der Waals surface area contributed by atoms with Gasteiger partial charge in [0, 0.05) is 0 Å². The van der Waals surface area contributed by atoms with Crippen molar-refractivity contribution in [3.05, 3.63) is 45.2 Å². The molecule has 0 bridgehead atoms. The Hall–Kier alpha value is 0.179. The molecule has 0 radical (unpaired) electrons. The molecule has 0 aromatic carbocycles. The molecule has 0 aromatic heterocycles. The van der Waals surface area contributed by atoms with Crippen molar-refractivity contribution in [1.29, 1.82) is 0 Å². The van der Waals surface area contributed by atoms with Crippen LogP contribution in [0.1, 0.15) is 25.7 Å². The molecule has 3 nitrogen and oxygen atoms in total. The Kier molecular flexibility index (Phi) is 11.5. The summed E-state index contributed by atoms with van der Waals surface area (Å²) in [6.07, 6.45) is 9.01. The van der Waals surface area contributed by atoms with Gasteiger partial charge in [0.1, 0.15) is 0 Å². The second-order valence-electron chi connectivity index (χ2n) is 10.6. The molecule has 0 fully saturated rings. The van der Waals surface area contributed by atoms with Crippen molar-refractivity contribution < 1.29 is 29.3 Å². The molecule has 7 heteroatoms. The summed E-state index contributed by atoms with van der Waals surface area (Å²) in [5.41, 5.74) is 1.75. The Bertz CT molecular complexity index is 721. The van der Waals surface area contributed by atoms with Crippen LogP contribution in [0.5, 0.6) is 0 Å². The van der Waals surface area contributed by atoms with E-state index in [0.717, 1.165) is 18.5 Å². The van der Waals surface area contributed by atoms with Gasteiger partial charge in [-0.25, -0.2) is 0 Å². The first-order valence-electron chi connectivity index (χ1n) is 11.4.